The van der Waals surface area contributed by atoms with Gasteiger partial charge in [-0.3, -0.25) is 4.79 Å². The number of methoxy groups -OCH3 is 1. The van der Waals surface area contributed by atoms with Crippen LogP contribution in [0.3, 0.4) is 0 Å². The highest BCUT2D eigenvalue weighted by molar-refractivity contribution is 9.11. The molecule has 0 saturated heterocycles. The Hall–Kier alpha value is -1.86. The second kappa shape index (κ2) is 8.84. The van der Waals surface area contributed by atoms with Crippen molar-refractivity contribution in [3.8, 4) is 11.5 Å². The molecule has 0 aliphatic carbocycles. The van der Waals surface area contributed by atoms with Gasteiger partial charge in [-0.1, -0.05) is 29.8 Å². The van der Waals surface area contributed by atoms with E-state index in [-0.39, 0.29) is 12.5 Å². The van der Waals surface area contributed by atoms with E-state index in [0.717, 1.165) is 5.56 Å². The minimum absolute atomic E-state index is 0.158. The Morgan fingerprint density at radius 2 is 1.83 bits per heavy atom. The van der Waals surface area contributed by atoms with E-state index < -0.39 is 0 Å². The van der Waals surface area contributed by atoms with E-state index in [1.165, 1.54) is 5.56 Å². The Bertz CT molecular complexity index is 723. The van der Waals surface area contributed by atoms with Crippen LogP contribution in [0.15, 0.2) is 50.4 Å². The molecular formula is C17H16Br2N2O3. The van der Waals surface area contributed by atoms with Gasteiger partial charge < -0.3 is 9.47 Å². The Labute approximate surface area is 157 Å². The third kappa shape index (κ3) is 5.35. The second-order valence-corrected chi connectivity index (χ2v) is 6.62. The molecule has 0 saturated carbocycles. The topological polar surface area (TPSA) is 59.9 Å². The van der Waals surface area contributed by atoms with Gasteiger partial charge in [0, 0.05) is 0 Å². The molecule has 0 spiro atoms. The predicted octanol–water partition coefficient (Wildman–Crippen LogP) is 4.06. The van der Waals surface area contributed by atoms with Gasteiger partial charge in [0.2, 0.25) is 0 Å². The summed E-state index contributed by atoms with van der Waals surface area (Å²) < 4.78 is 12.0. The van der Waals surface area contributed by atoms with E-state index in [9.17, 15) is 4.79 Å². The summed E-state index contributed by atoms with van der Waals surface area (Å²) >= 11 is 6.76. The number of benzene rings is 2. The molecule has 1 amide bonds. The van der Waals surface area contributed by atoms with E-state index in [1.54, 1.807) is 25.5 Å². The van der Waals surface area contributed by atoms with Gasteiger partial charge in [-0.2, -0.15) is 5.10 Å². The Morgan fingerprint density at radius 1 is 1.21 bits per heavy atom. The number of halogens is 2. The molecule has 0 heterocycles. The first-order chi connectivity index (χ1) is 11.5. The number of ether oxygens (including phenoxy) is 2. The van der Waals surface area contributed by atoms with Gasteiger partial charge in [0.1, 0.15) is 11.5 Å². The number of amides is 1. The molecule has 0 atom stereocenters. The monoisotopic (exact) mass is 454 g/mol. The van der Waals surface area contributed by atoms with Crippen molar-refractivity contribution < 1.29 is 14.3 Å². The van der Waals surface area contributed by atoms with Crippen LogP contribution in [0, 0.1) is 6.92 Å². The Morgan fingerprint density at radius 3 is 2.42 bits per heavy atom. The summed E-state index contributed by atoms with van der Waals surface area (Å²) in [6.45, 7) is 1.85. The van der Waals surface area contributed by atoms with Crippen LogP contribution in [-0.4, -0.2) is 25.8 Å². The van der Waals surface area contributed by atoms with Crippen molar-refractivity contribution in [2.24, 2.45) is 5.10 Å². The molecule has 126 valence electrons. The molecule has 0 radical (unpaired) electrons. The zero-order valence-electron chi connectivity index (χ0n) is 13.2. The molecule has 0 fully saturated rings. The molecule has 0 aliphatic rings. The Kier molecular flexibility index (Phi) is 6.81. The van der Waals surface area contributed by atoms with Crippen LogP contribution < -0.4 is 14.9 Å². The molecular weight excluding hydrogens is 440 g/mol. The number of hydrogen-bond acceptors (Lipinski definition) is 4. The van der Waals surface area contributed by atoms with Crippen molar-refractivity contribution in [1.29, 1.82) is 0 Å². The minimum Gasteiger partial charge on any atom is -0.497 e. The molecule has 5 nitrogen and oxygen atoms in total. The zero-order chi connectivity index (χ0) is 17.5. The smallest absolute Gasteiger partial charge is 0.277 e. The third-order valence-electron chi connectivity index (χ3n) is 3.04. The standard InChI is InChI=1S/C17H16Br2N2O3/c1-11-3-5-12(6-4-11)9-20-21-16(22)10-24-17-14(18)7-13(23-2)8-15(17)19/h3-9H,10H2,1-2H3,(H,21,22)/b20-9+. The van der Waals surface area contributed by atoms with Crippen LogP contribution in [0.2, 0.25) is 0 Å². The minimum atomic E-state index is -0.354. The van der Waals surface area contributed by atoms with Gasteiger partial charge in [-0.05, 0) is 56.5 Å². The lowest BCUT2D eigenvalue weighted by atomic mass is 10.2. The fraction of sp³-hybridized carbons (Fsp3) is 0.176. The van der Waals surface area contributed by atoms with Crippen LogP contribution in [0.4, 0.5) is 0 Å². The van der Waals surface area contributed by atoms with Gasteiger partial charge in [0.15, 0.2) is 6.61 Å². The number of hydrazone groups is 1. The largest absolute Gasteiger partial charge is 0.497 e. The van der Waals surface area contributed by atoms with Gasteiger partial charge in [-0.25, -0.2) is 5.43 Å². The Balaban J connectivity index is 1.88. The number of hydrogen-bond donors (Lipinski definition) is 1. The van der Waals surface area contributed by atoms with E-state index in [4.69, 9.17) is 9.47 Å². The predicted molar refractivity (Wildman–Crippen MR) is 101 cm³/mol. The van der Waals surface area contributed by atoms with Crippen LogP contribution in [-0.2, 0) is 4.79 Å². The quantitative estimate of drug-likeness (QED) is 0.527. The van der Waals surface area contributed by atoms with E-state index >= 15 is 0 Å². The fourth-order valence-corrected chi connectivity index (χ4v) is 3.17. The van der Waals surface area contributed by atoms with Gasteiger partial charge in [0.05, 0.1) is 22.3 Å². The maximum absolute atomic E-state index is 11.8. The van der Waals surface area contributed by atoms with Crippen LogP contribution >= 0.6 is 31.9 Å². The highest BCUT2D eigenvalue weighted by Crippen LogP contribution is 2.37. The third-order valence-corrected chi connectivity index (χ3v) is 4.21. The number of carbonyl (C=O) groups is 1. The van der Waals surface area contributed by atoms with E-state index in [1.807, 2.05) is 31.2 Å². The summed E-state index contributed by atoms with van der Waals surface area (Å²) in [5, 5.41) is 3.91. The van der Waals surface area contributed by atoms with Gasteiger partial charge >= 0.3 is 0 Å². The number of nitrogens with zero attached hydrogens (tertiary/aromatic N) is 1. The fourth-order valence-electron chi connectivity index (χ4n) is 1.79. The van der Waals surface area contributed by atoms with Crippen molar-refractivity contribution in [3.63, 3.8) is 0 Å². The highest BCUT2D eigenvalue weighted by Gasteiger charge is 2.11. The van der Waals surface area contributed by atoms with Crippen molar-refractivity contribution in [1.82, 2.24) is 5.43 Å². The van der Waals surface area contributed by atoms with Crippen molar-refractivity contribution in [3.05, 3.63) is 56.5 Å². The molecule has 24 heavy (non-hydrogen) atoms. The normalized spacial score (nSPS) is 10.7. The molecule has 0 aliphatic heterocycles. The van der Waals surface area contributed by atoms with Gasteiger partial charge in [0.25, 0.3) is 5.91 Å². The maximum atomic E-state index is 11.8. The highest BCUT2D eigenvalue weighted by atomic mass is 79.9. The lowest BCUT2D eigenvalue weighted by Gasteiger charge is -2.11. The number of aryl methyl sites for hydroxylation is 1. The number of rotatable bonds is 6. The SMILES string of the molecule is COc1cc(Br)c(OCC(=O)N/N=C/c2ccc(C)cc2)c(Br)c1. The zero-order valence-corrected chi connectivity index (χ0v) is 16.3. The number of carbonyl (C=O) groups excluding carboxylic acids is 1. The first-order valence-electron chi connectivity index (χ1n) is 7.04. The summed E-state index contributed by atoms with van der Waals surface area (Å²) in [6, 6.07) is 11.3. The second-order valence-electron chi connectivity index (χ2n) is 4.91. The van der Waals surface area contributed by atoms with Crippen molar-refractivity contribution >= 4 is 44.0 Å². The summed E-state index contributed by atoms with van der Waals surface area (Å²) in [6.07, 6.45) is 1.58. The first kappa shape index (κ1) is 18.5. The van der Waals surface area contributed by atoms with E-state index in [2.05, 4.69) is 42.4 Å². The van der Waals surface area contributed by atoms with Gasteiger partial charge in [-0.15, -0.1) is 0 Å². The van der Waals surface area contributed by atoms with Crippen LogP contribution in [0.1, 0.15) is 11.1 Å². The average Bonchev–Trinajstić information content (AvgIpc) is 2.55. The summed E-state index contributed by atoms with van der Waals surface area (Å²) in [4.78, 5) is 11.8. The summed E-state index contributed by atoms with van der Waals surface area (Å²) in [7, 11) is 1.58. The molecule has 2 rings (SSSR count). The van der Waals surface area contributed by atoms with Crippen molar-refractivity contribution in [2.75, 3.05) is 13.7 Å². The molecule has 0 aromatic heterocycles. The summed E-state index contributed by atoms with van der Waals surface area (Å²) in [5.74, 6) is 0.842. The maximum Gasteiger partial charge on any atom is 0.277 e. The van der Waals surface area contributed by atoms with Crippen LogP contribution in [0.5, 0.6) is 11.5 Å². The molecule has 0 unspecified atom stereocenters. The first-order valence-corrected chi connectivity index (χ1v) is 8.62. The summed E-state index contributed by atoms with van der Waals surface area (Å²) in [5.41, 5.74) is 4.50. The molecule has 2 aromatic rings. The van der Waals surface area contributed by atoms with E-state index in [0.29, 0.717) is 20.4 Å². The van der Waals surface area contributed by atoms with Crippen molar-refractivity contribution in [2.45, 2.75) is 6.92 Å². The lowest BCUT2D eigenvalue weighted by molar-refractivity contribution is -0.123. The lowest BCUT2D eigenvalue weighted by Crippen LogP contribution is -2.24. The average molecular weight is 456 g/mol. The molecule has 0 bridgehead atoms. The van der Waals surface area contributed by atoms with Crippen LogP contribution in [0.25, 0.3) is 0 Å². The molecule has 2 aromatic carbocycles. The number of nitrogens with one attached hydrogen (secondary N) is 1. The molecule has 1 N–H and O–H groups in total. The molecule has 7 heteroatoms.